The quantitative estimate of drug-likeness (QED) is 0.749. The van der Waals surface area contributed by atoms with E-state index in [-0.39, 0.29) is 5.02 Å². The van der Waals surface area contributed by atoms with Crippen LogP contribution in [0.1, 0.15) is 13.3 Å². The number of rotatable bonds is 4. The largest absolute Gasteiger partial charge is 0.381 e. The zero-order valence-corrected chi connectivity index (χ0v) is 8.87. The molecule has 76 valence electrons. The monoisotopic (exact) mass is 213 g/mol. The van der Waals surface area contributed by atoms with Crippen molar-refractivity contribution >= 4 is 17.3 Å². The molecule has 1 N–H and O–H groups in total. The third-order valence-corrected chi connectivity index (χ3v) is 2.25. The molecular formula is C11H13ClFN. The summed E-state index contributed by atoms with van der Waals surface area (Å²) >= 11 is 5.63. The summed E-state index contributed by atoms with van der Waals surface area (Å²) in [6.07, 6.45) is 0.932. The van der Waals surface area contributed by atoms with Crippen LogP contribution in [-0.4, -0.2) is 6.54 Å². The van der Waals surface area contributed by atoms with E-state index in [1.807, 2.05) is 6.92 Å². The predicted octanol–water partition coefficient (Wildman–Crippen LogP) is 3.86. The molecule has 0 aliphatic carbocycles. The van der Waals surface area contributed by atoms with E-state index < -0.39 is 5.82 Å². The molecule has 0 aliphatic heterocycles. The van der Waals surface area contributed by atoms with Crippen LogP contribution < -0.4 is 5.32 Å². The predicted molar refractivity (Wildman–Crippen MR) is 59.3 cm³/mol. The fourth-order valence-electron chi connectivity index (χ4n) is 0.958. The number of nitrogens with one attached hydrogen (secondary N) is 1. The number of hydrogen-bond acceptors (Lipinski definition) is 1. The second-order valence-electron chi connectivity index (χ2n) is 3.09. The van der Waals surface area contributed by atoms with Gasteiger partial charge >= 0.3 is 0 Å². The van der Waals surface area contributed by atoms with Crippen molar-refractivity contribution in [2.24, 2.45) is 0 Å². The number of anilines is 1. The standard InChI is InChI=1S/C11H13ClFN/c1-3-8(2)7-14-9-4-5-11(13)10(12)6-9/h4-6,14H,2-3,7H2,1H3. The first kappa shape index (κ1) is 11.1. The smallest absolute Gasteiger partial charge is 0.141 e. The number of halogens is 2. The molecular weight excluding hydrogens is 201 g/mol. The summed E-state index contributed by atoms with van der Waals surface area (Å²) in [4.78, 5) is 0. The van der Waals surface area contributed by atoms with Gasteiger partial charge in [-0.25, -0.2) is 4.39 Å². The van der Waals surface area contributed by atoms with E-state index in [1.54, 1.807) is 12.1 Å². The molecule has 0 fully saturated rings. The Morgan fingerprint density at radius 1 is 1.57 bits per heavy atom. The van der Waals surface area contributed by atoms with E-state index in [4.69, 9.17) is 11.6 Å². The molecule has 0 saturated carbocycles. The minimum Gasteiger partial charge on any atom is -0.381 e. The van der Waals surface area contributed by atoms with Crippen molar-refractivity contribution < 1.29 is 4.39 Å². The molecule has 1 rings (SSSR count). The topological polar surface area (TPSA) is 12.0 Å². The van der Waals surface area contributed by atoms with Crippen LogP contribution in [0.25, 0.3) is 0 Å². The molecule has 1 aromatic rings. The van der Waals surface area contributed by atoms with Gasteiger partial charge in [-0.15, -0.1) is 0 Å². The lowest BCUT2D eigenvalue weighted by Crippen LogP contribution is -2.03. The van der Waals surface area contributed by atoms with Crippen molar-refractivity contribution in [1.29, 1.82) is 0 Å². The van der Waals surface area contributed by atoms with Crippen molar-refractivity contribution in [1.82, 2.24) is 0 Å². The van der Waals surface area contributed by atoms with Crippen molar-refractivity contribution in [3.63, 3.8) is 0 Å². The average Bonchev–Trinajstić information content (AvgIpc) is 2.19. The molecule has 0 heterocycles. The van der Waals surface area contributed by atoms with Crippen molar-refractivity contribution in [2.75, 3.05) is 11.9 Å². The van der Waals surface area contributed by atoms with E-state index in [2.05, 4.69) is 11.9 Å². The highest BCUT2D eigenvalue weighted by molar-refractivity contribution is 6.31. The van der Waals surface area contributed by atoms with Gasteiger partial charge in [0.25, 0.3) is 0 Å². The summed E-state index contributed by atoms with van der Waals surface area (Å²) in [7, 11) is 0. The molecule has 0 aliphatic rings. The molecule has 14 heavy (non-hydrogen) atoms. The lowest BCUT2D eigenvalue weighted by molar-refractivity contribution is 0.628. The lowest BCUT2D eigenvalue weighted by Gasteiger charge is -2.07. The average molecular weight is 214 g/mol. The van der Waals surface area contributed by atoms with Crippen molar-refractivity contribution in [3.8, 4) is 0 Å². The van der Waals surface area contributed by atoms with Crippen LogP contribution in [0.2, 0.25) is 5.02 Å². The fourth-order valence-corrected chi connectivity index (χ4v) is 1.14. The van der Waals surface area contributed by atoms with E-state index >= 15 is 0 Å². The Hall–Kier alpha value is -1.02. The van der Waals surface area contributed by atoms with Gasteiger partial charge in [-0.3, -0.25) is 0 Å². The summed E-state index contributed by atoms with van der Waals surface area (Å²) in [6.45, 7) is 6.59. The molecule has 0 unspecified atom stereocenters. The first-order valence-electron chi connectivity index (χ1n) is 4.49. The summed E-state index contributed by atoms with van der Waals surface area (Å²) in [6, 6.07) is 4.57. The maximum atomic E-state index is 12.8. The van der Waals surface area contributed by atoms with Gasteiger partial charge in [0.1, 0.15) is 5.82 Å². The van der Waals surface area contributed by atoms with Crippen LogP contribution in [0, 0.1) is 5.82 Å². The molecule has 1 aromatic carbocycles. The van der Waals surface area contributed by atoms with Crippen LogP contribution in [0.4, 0.5) is 10.1 Å². The van der Waals surface area contributed by atoms with E-state index in [0.29, 0.717) is 6.54 Å². The van der Waals surface area contributed by atoms with Gasteiger partial charge in [-0.05, 0) is 24.6 Å². The van der Waals surface area contributed by atoms with Crippen LogP contribution in [0.15, 0.2) is 30.4 Å². The van der Waals surface area contributed by atoms with E-state index in [1.165, 1.54) is 6.07 Å². The van der Waals surface area contributed by atoms with Gasteiger partial charge in [0.2, 0.25) is 0 Å². The van der Waals surface area contributed by atoms with Crippen LogP contribution in [0.3, 0.4) is 0 Å². The summed E-state index contributed by atoms with van der Waals surface area (Å²) in [5.74, 6) is -0.397. The zero-order chi connectivity index (χ0) is 10.6. The summed E-state index contributed by atoms with van der Waals surface area (Å²) < 4.78 is 12.8. The third-order valence-electron chi connectivity index (χ3n) is 1.96. The molecule has 0 spiro atoms. The molecule has 0 atom stereocenters. The first-order chi connectivity index (χ1) is 6.63. The SMILES string of the molecule is C=C(CC)CNc1ccc(F)c(Cl)c1. The highest BCUT2D eigenvalue weighted by Gasteiger charge is 2.00. The minimum absolute atomic E-state index is 0.136. The van der Waals surface area contributed by atoms with Gasteiger partial charge in [-0.1, -0.05) is 30.7 Å². The van der Waals surface area contributed by atoms with Crippen molar-refractivity contribution in [2.45, 2.75) is 13.3 Å². The van der Waals surface area contributed by atoms with Gasteiger partial charge < -0.3 is 5.32 Å². The molecule has 0 radical (unpaired) electrons. The fraction of sp³-hybridized carbons (Fsp3) is 0.273. The van der Waals surface area contributed by atoms with Gasteiger partial charge in [0.15, 0.2) is 0 Å². The van der Waals surface area contributed by atoms with Gasteiger partial charge in [-0.2, -0.15) is 0 Å². The lowest BCUT2D eigenvalue weighted by atomic mass is 10.2. The van der Waals surface area contributed by atoms with E-state index in [0.717, 1.165) is 17.7 Å². The Morgan fingerprint density at radius 3 is 2.86 bits per heavy atom. The molecule has 1 nitrogen and oxygen atoms in total. The highest BCUT2D eigenvalue weighted by atomic mass is 35.5. The maximum absolute atomic E-state index is 12.8. The van der Waals surface area contributed by atoms with Gasteiger partial charge in [0.05, 0.1) is 5.02 Å². The second kappa shape index (κ2) is 5.01. The molecule has 0 amide bonds. The minimum atomic E-state index is -0.397. The molecule has 0 bridgehead atoms. The zero-order valence-electron chi connectivity index (χ0n) is 8.11. The Balaban J connectivity index is 2.60. The van der Waals surface area contributed by atoms with Crippen molar-refractivity contribution in [3.05, 3.63) is 41.2 Å². The summed E-state index contributed by atoms with van der Waals surface area (Å²) in [5.41, 5.74) is 1.91. The van der Waals surface area contributed by atoms with E-state index in [9.17, 15) is 4.39 Å². The third kappa shape index (κ3) is 3.04. The second-order valence-corrected chi connectivity index (χ2v) is 3.49. The van der Waals surface area contributed by atoms with Crippen LogP contribution in [-0.2, 0) is 0 Å². The molecule has 3 heteroatoms. The van der Waals surface area contributed by atoms with Crippen LogP contribution >= 0.6 is 11.6 Å². The number of benzene rings is 1. The summed E-state index contributed by atoms with van der Waals surface area (Å²) in [5, 5.41) is 3.25. The number of hydrogen-bond donors (Lipinski definition) is 1. The maximum Gasteiger partial charge on any atom is 0.141 e. The first-order valence-corrected chi connectivity index (χ1v) is 4.87. The Bertz CT molecular complexity index is 336. The highest BCUT2D eigenvalue weighted by Crippen LogP contribution is 2.19. The molecule has 0 aromatic heterocycles. The van der Waals surface area contributed by atoms with Gasteiger partial charge in [0, 0.05) is 12.2 Å². The normalized spacial score (nSPS) is 9.93. The van der Waals surface area contributed by atoms with Crippen LogP contribution in [0.5, 0.6) is 0 Å². The molecule has 0 saturated heterocycles. The Labute approximate surface area is 88.6 Å². The Kier molecular flexibility index (Phi) is 3.96. The Morgan fingerprint density at radius 2 is 2.29 bits per heavy atom.